The van der Waals surface area contributed by atoms with Gasteiger partial charge in [-0.1, -0.05) is 12.8 Å². The highest BCUT2D eigenvalue weighted by Crippen LogP contribution is 2.17. The Bertz CT molecular complexity index is 647. The Morgan fingerprint density at radius 2 is 1.86 bits per heavy atom. The normalized spacial score (nSPS) is 15.2. The molecule has 0 saturated carbocycles. The molecule has 1 aliphatic rings. The number of likely N-dealkylation sites (tertiary alicyclic amines) is 1. The number of rotatable bonds is 3. The van der Waals surface area contributed by atoms with Crippen LogP contribution >= 0.6 is 0 Å². The van der Waals surface area contributed by atoms with E-state index in [1.807, 2.05) is 17.9 Å². The van der Waals surface area contributed by atoms with E-state index in [4.69, 9.17) is 5.26 Å². The van der Waals surface area contributed by atoms with Gasteiger partial charge in [-0.2, -0.15) is 5.26 Å². The summed E-state index contributed by atoms with van der Waals surface area (Å²) in [5.74, 6) is 0.172. The van der Waals surface area contributed by atoms with E-state index in [2.05, 4.69) is 4.98 Å². The number of hydrogen-bond donors (Lipinski definition) is 1. The summed E-state index contributed by atoms with van der Waals surface area (Å²) in [4.78, 5) is 28.7. The molecule has 0 aromatic carbocycles. The van der Waals surface area contributed by atoms with Crippen molar-refractivity contribution in [2.24, 2.45) is 0 Å². The van der Waals surface area contributed by atoms with Crippen molar-refractivity contribution in [2.75, 3.05) is 13.1 Å². The van der Waals surface area contributed by atoms with Crippen molar-refractivity contribution >= 4 is 5.91 Å². The van der Waals surface area contributed by atoms with E-state index < -0.39 is 0 Å². The summed E-state index contributed by atoms with van der Waals surface area (Å²) in [6.45, 7) is 5.31. The molecule has 5 heteroatoms. The molecule has 0 unspecified atom stereocenters. The van der Waals surface area contributed by atoms with Crippen molar-refractivity contribution in [3.8, 4) is 6.07 Å². The van der Waals surface area contributed by atoms with Crippen LogP contribution in [0.15, 0.2) is 4.79 Å². The van der Waals surface area contributed by atoms with Crippen molar-refractivity contribution in [2.45, 2.75) is 52.4 Å². The number of nitrogens with zero attached hydrogens (tertiary/aromatic N) is 2. The fraction of sp³-hybridized carbons (Fsp3) is 0.588. The minimum absolute atomic E-state index is 0.155. The smallest absolute Gasteiger partial charge is 0.266 e. The molecule has 1 amide bonds. The van der Waals surface area contributed by atoms with Gasteiger partial charge in [-0.3, -0.25) is 9.59 Å². The molecule has 1 aromatic heterocycles. The van der Waals surface area contributed by atoms with Crippen LogP contribution in [0.2, 0.25) is 0 Å². The third-order valence-corrected chi connectivity index (χ3v) is 4.47. The van der Waals surface area contributed by atoms with Gasteiger partial charge in [0.15, 0.2) is 0 Å². The van der Waals surface area contributed by atoms with Gasteiger partial charge in [-0.05, 0) is 44.2 Å². The first-order valence-corrected chi connectivity index (χ1v) is 7.95. The quantitative estimate of drug-likeness (QED) is 0.929. The van der Waals surface area contributed by atoms with Crippen molar-refractivity contribution in [1.29, 1.82) is 5.26 Å². The van der Waals surface area contributed by atoms with Crippen molar-refractivity contribution in [1.82, 2.24) is 9.88 Å². The minimum Gasteiger partial charge on any atom is -0.343 e. The molecule has 2 heterocycles. The van der Waals surface area contributed by atoms with Crippen LogP contribution < -0.4 is 5.56 Å². The molecule has 1 fully saturated rings. The molecule has 1 aliphatic heterocycles. The minimum atomic E-state index is -0.347. The van der Waals surface area contributed by atoms with Crippen LogP contribution in [0.5, 0.6) is 0 Å². The predicted octanol–water partition coefficient (Wildman–Crippen LogP) is 2.20. The lowest BCUT2D eigenvalue weighted by Gasteiger charge is -2.20. The molecule has 1 N–H and O–H groups in total. The number of nitriles is 1. The molecule has 0 aliphatic carbocycles. The molecule has 0 spiro atoms. The molecular weight excluding hydrogens is 278 g/mol. The summed E-state index contributed by atoms with van der Waals surface area (Å²) in [5.41, 5.74) is 2.18. The Kier molecular flexibility index (Phi) is 5.37. The Hall–Kier alpha value is -2.09. The maximum atomic E-state index is 12.4. The second-order valence-electron chi connectivity index (χ2n) is 5.96. The first kappa shape index (κ1) is 16.3. The highest BCUT2D eigenvalue weighted by Gasteiger charge is 2.17. The maximum Gasteiger partial charge on any atom is 0.266 e. The number of carbonyl (C=O) groups excluding carboxylic acids is 1. The third kappa shape index (κ3) is 3.56. The van der Waals surface area contributed by atoms with Gasteiger partial charge in [0.25, 0.3) is 5.56 Å². The van der Waals surface area contributed by atoms with Gasteiger partial charge in [0, 0.05) is 25.2 Å². The molecule has 0 radical (unpaired) electrons. The highest BCUT2D eigenvalue weighted by atomic mass is 16.2. The van der Waals surface area contributed by atoms with E-state index in [1.165, 1.54) is 12.8 Å². The van der Waals surface area contributed by atoms with Crippen molar-refractivity contribution in [3.63, 3.8) is 0 Å². The van der Waals surface area contributed by atoms with Crippen molar-refractivity contribution in [3.05, 3.63) is 32.7 Å². The van der Waals surface area contributed by atoms with Gasteiger partial charge in [0.1, 0.15) is 11.6 Å². The van der Waals surface area contributed by atoms with E-state index in [-0.39, 0.29) is 17.0 Å². The molecular formula is C17H23N3O2. The standard InChI is InChI=1S/C17H23N3O2/c1-12-14(13(2)19-17(22)15(12)11-18)7-8-16(21)20-9-5-3-4-6-10-20/h3-10H2,1-2H3,(H,19,22). The topological polar surface area (TPSA) is 77.0 Å². The molecule has 0 atom stereocenters. The fourth-order valence-corrected chi connectivity index (χ4v) is 3.13. The SMILES string of the molecule is Cc1[nH]c(=O)c(C#N)c(C)c1CCC(=O)N1CCCCCC1. The molecule has 1 aromatic rings. The van der Waals surface area contributed by atoms with Crippen LogP contribution in [0.1, 0.15) is 54.5 Å². The zero-order chi connectivity index (χ0) is 16.1. The van der Waals surface area contributed by atoms with Gasteiger partial charge in [-0.15, -0.1) is 0 Å². The van der Waals surface area contributed by atoms with Crippen LogP contribution in [0.4, 0.5) is 0 Å². The van der Waals surface area contributed by atoms with Crippen LogP contribution in [0.25, 0.3) is 0 Å². The summed E-state index contributed by atoms with van der Waals surface area (Å²) in [6.07, 6.45) is 5.57. The Labute approximate surface area is 130 Å². The van der Waals surface area contributed by atoms with Gasteiger partial charge >= 0.3 is 0 Å². The number of carbonyl (C=O) groups is 1. The number of pyridine rings is 1. The molecule has 1 saturated heterocycles. The lowest BCUT2D eigenvalue weighted by molar-refractivity contribution is -0.131. The molecule has 2 rings (SSSR count). The molecule has 5 nitrogen and oxygen atoms in total. The van der Waals surface area contributed by atoms with Crippen LogP contribution in [0.3, 0.4) is 0 Å². The van der Waals surface area contributed by atoms with Gasteiger partial charge in [0.05, 0.1) is 0 Å². The van der Waals surface area contributed by atoms with Gasteiger partial charge in [-0.25, -0.2) is 0 Å². The lowest BCUT2D eigenvalue weighted by atomic mass is 9.99. The van der Waals surface area contributed by atoms with E-state index in [0.717, 1.165) is 37.2 Å². The summed E-state index contributed by atoms with van der Waals surface area (Å²) in [6, 6.07) is 1.95. The van der Waals surface area contributed by atoms with E-state index in [0.29, 0.717) is 18.4 Å². The first-order chi connectivity index (χ1) is 10.5. The summed E-state index contributed by atoms with van der Waals surface area (Å²) >= 11 is 0. The van der Waals surface area contributed by atoms with E-state index in [1.54, 1.807) is 6.92 Å². The average molecular weight is 301 g/mol. The number of amides is 1. The van der Waals surface area contributed by atoms with E-state index in [9.17, 15) is 9.59 Å². The second kappa shape index (κ2) is 7.26. The Morgan fingerprint density at radius 3 is 2.45 bits per heavy atom. The number of nitrogens with one attached hydrogen (secondary N) is 1. The molecule has 0 bridgehead atoms. The predicted molar refractivity (Wildman–Crippen MR) is 84.6 cm³/mol. The van der Waals surface area contributed by atoms with Crippen LogP contribution in [-0.4, -0.2) is 28.9 Å². The monoisotopic (exact) mass is 301 g/mol. The summed E-state index contributed by atoms with van der Waals surface area (Å²) < 4.78 is 0. The Morgan fingerprint density at radius 1 is 1.23 bits per heavy atom. The summed E-state index contributed by atoms with van der Waals surface area (Å²) in [5, 5.41) is 9.08. The zero-order valence-corrected chi connectivity index (χ0v) is 13.4. The van der Waals surface area contributed by atoms with E-state index >= 15 is 0 Å². The fourth-order valence-electron chi connectivity index (χ4n) is 3.13. The Balaban J connectivity index is 2.10. The van der Waals surface area contributed by atoms with Gasteiger partial charge in [0.2, 0.25) is 5.91 Å². The second-order valence-corrected chi connectivity index (χ2v) is 5.96. The molecule has 22 heavy (non-hydrogen) atoms. The third-order valence-electron chi connectivity index (χ3n) is 4.47. The number of hydrogen-bond acceptors (Lipinski definition) is 3. The summed E-state index contributed by atoms with van der Waals surface area (Å²) in [7, 11) is 0. The van der Waals surface area contributed by atoms with Crippen molar-refractivity contribution < 1.29 is 4.79 Å². The van der Waals surface area contributed by atoms with Gasteiger partial charge < -0.3 is 9.88 Å². The highest BCUT2D eigenvalue weighted by molar-refractivity contribution is 5.76. The number of aromatic amines is 1. The zero-order valence-electron chi connectivity index (χ0n) is 13.4. The maximum absolute atomic E-state index is 12.4. The molecule has 118 valence electrons. The lowest BCUT2D eigenvalue weighted by Crippen LogP contribution is -2.32. The van der Waals surface area contributed by atoms with Crippen LogP contribution in [0, 0.1) is 25.2 Å². The number of aryl methyl sites for hydroxylation is 1. The average Bonchev–Trinajstić information content (AvgIpc) is 2.76. The largest absolute Gasteiger partial charge is 0.343 e. The number of aromatic nitrogens is 1. The first-order valence-electron chi connectivity index (χ1n) is 7.95. The number of H-pyrrole nitrogens is 1. The van der Waals surface area contributed by atoms with Crippen LogP contribution in [-0.2, 0) is 11.2 Å².